The Hall–Kier alpha value is -3.33. The molecule has 1 aromatic carbocycles. The van der Waals surface area contributed by atoms with E-state index in [1.807, 2.05) is 0 Å². The minimum Gasteiger partial charge on any atom is -0.478 e. The van der Waals surface area contributed by atoms with Crippen molar-refractivity contribution in [1.29, 1.82) is 0 Å². The molecule has 2 N–H and O–H groups in total. The Balaban J connectivity index is 0.000000217. The fraction of sp³-hybridized carbons (Fsp3) is 0.188. The van der Waals surface area contributed by atoms with Crippen molar-refractivity contribution < 1.29 is 23.8 Å². The average molecular weight is 348 g/mol. The quantitative estimate of drug-likeness (QED) is 0.615. The first-order chi connectivity index (χ1) is 11.8. The summed E-state index contributed by atoms with van der Waals surface area (Å²) in [5.74, 6) is -0.983. The molecule has 0 radical (unpaired) electrons. The molecule has 3 aromatic rings. The Morgan fingerprint density at radius 1 is 0.880 bits per heavy atom. The Morgan fingerprint density at radius 3 is 1.52 bits per heavy atom. The number of carboxylic acids is 1. The molecular weight excluding hydrogens is 336 g/mol. The molecule has 0 bridgehead atoms. The molecule has 0 unspecified atom stereocenters. The molecule has 2 aromatic heterocycles. The van der Waals surface area contributed by atoms with Gasteiger partial charge in [-0.05, 0) is 25.0 Å². The molecule has 130 valence electrons. The summed E-state index contributed by atoms with van der Waals surface area (Å²) in [6.45, 7) is 3.30. The van der Waals surface area contributed by atoms with Crippen molar-refractivity contribution in [2.75, 3.05) is 6.61 Å². The third kappa shape index (κ3) is 3.61. The number of rotatable bonds is 4. The molecule has 0 aliphatic rings. The molecule has 0 saturated heterocycles. The van der Waals surface area contributed by atoms with Crippen LogP contribution in [0.3, 0.4) is 0 Å². The van der Waals surface area contributed by atoms with Crippen LogP contribution in [-0.2, 0) is 4.79 Å². The fourth-order valence-electron chi connectivity index (χ4n) is 2.06. The van der Waals surface area contributed by atoms with E-state index in [9.17, 15) is 24.0 Å². The van der Waals surface area contributed by atoms with Gasteiger partial charge in [-0.2, -0.15) is 0 Å². The van der Waals surface area contributed by atoms with E-state index in [-0.39, 0.29) is 33.7 Å². The SMILES string of the molecule is C=C(CCCO)C(=O)O.O=c1oc(=O)c2cc3c(=O)oc(=O)c3cc12. The van der Waals surface area contributed by atoms with Crippen molar-refractivity contribution in [2.45, 2.75) is 12.8 Å². The second-order valence-corrected chi connectivity index (χ2v) is 5.03. The summed E-state index contributed by atoms with van der Waals surface area (Å²) < 4.78 is 8.68. The minimum atomic E-state index is -0.983. The normalized spacial score (nSPS) is 10.6. The standard InChI is InChI=1S/C10H2O6.C6H10O3/c11-7-3-1-4-6(10(14)16-8(4)12)2-5(3)9(13)15-7;1-5(6(8)9)3-2-4-7/h1-2H;7H,1-4H2,(H,8,9). The van der Waals surface area contributed by atoms with Crippen LogP contribution in [0.1, 0.15) is 12.8 Å². The maximum atomic E-state index is 11.2. The zero-order valence-electron chi connectivity index (χ0n) is 12.7. The van der Waals surface area contributed by atoms with Crippen LogP contribution in [0.4, 0.5) is 0 Å². The van der Waals surface area contributed by atoms with Gasteiger partial charge < -0.3 is 19.0 Å². The summed E-state index contributed by atoms with van der Waals surface area (Å²) in [5, 5.41) is 16.4. The lowest BCUT2D eigenvalue weighted by Gasteiger charge is -1.94. The predicted octanol–water partition coefficient (Wildman–Crippen LogP) is -0.105. The second kappa shape index (κ2) is 7.05. The first-order valence-corrected chi connectivity index (χ1v) is 6.99. The summed E-state index contributed by atoms with van der Waals surface area (Å²) in [6, 6.07) is 2.29. The number of furan rings is 2. The molecule has 3 rings (SSSR count). The highest BCUT2D eigenvalue weighted by Crippen LogP contribution is 2.13. The molecular formula is C16H12O9. The van der Waals surface area contributed by atoms with Crippen molar-refractivity contribution in [3.8, 4) is 0 Å². The Kier molecular flexibility index (Phi) is 5.08. The highest BCUT2D eigenvalue weighted by atomic mass is 16.4. The van der Waals surface area contributed by atoms with E-state index >= 15 is 0 Å². The maximum absolute atomic E-state index is 11.2. The Morgan fingerprint density at radius 2 is 1.24 bits per heavy atom. The van der Waals surface area contributed by atoms with Crippen LogP contribution >= 0.6 is 0 Å². The van der Waals surface area contributed by atoms with Crippen LogP contribution in [-0.4, -0.2) is 22.8 Å². The van der Waals surface area contributed by atoms with Gasteiger partial charge in [-0.3, -0.25) is 0 Å². The van der Waals surface area contributed by atoms with Crippen LogP contribution in [0.15, 0.2) is 52.3 Å². The Bertz CT molecular complexity index is 1010. The Labute approximate surface area is 137 Å². The molecule has 0 atom stereocenters. The summed E-state index contributed by atoms with van der Waals surface area (Å²) in [6.07, 6.45) is 0.844. The molecule has 0 amide bonds. The van der Waals surface area contributed by atoms with Gasteiger partial charge in [-0.25, -0.2) is 24.0 Å². The molecule has 9 heteroatoms. The van der Waals surface area contributed by atoms with E-state index in [0.29, 0.717) is 12.8 Å². The highest BCUT2D eigenvalue weighted by Gasteiger charge is 2.15. The van der Waals surface area contributed by atoms with Crippen LogP contribution < -0.4 is 22.5 Å². The van der Waals surface area contributed by atoms with Gasteiger partial charge in [-0.15, -0.1) is 0 Å². The number of hydrogen-bond donors (Lipinski definition) is 2. The van der Waals surface area contributed by atoms with Crippen LogP contribution in [0, 0.1) is 0 Å². The number of hydrogen-bond acceptors (Lipinski definition) is 8. The second-order valence-electron chi connectivity index (χ2n) is 5.03. The van der Waals surface area contributed by atoms with Crippen molar-refractivity contribution in [2.24, 2.45) is 0 Å². The fourth-order valence-corrected chi connectivity index (χ4v) is 2.06. The molecule has 2 heterocycles. The van der Waals surface area contributed by atoms with Gasteiger partial charge >= 0.3 is 28.5 Å². The van der Waals surface area contributed by atoms with Gasteiger partial charge in [0.05, 0.1) is 21.5 Å². The molecule has 9 nitrogen and oxygen atoms in total. The van der Waals surface area contributed by atoms with Gasteiger partial charge in [0.25, 0.3) is 0 Å². The van der Waals surface area contributed by atoms with E-state index in [4.69, 9.17) is 10.2 Å². The molecule has 0 fully saturated rings. The number of aliphatic hydroxyl groups is 1. The van der Waals surface area contributed by atoms with E-state index in [0.717, 1.165) is 12.1 Å². The van der Waals surface area contributed by atoms with Crippen LogP contribution in [0.25, 0.3) is 21.5 Å². The molecule has 0 saturated carbocycles. The number of carbonyl (C=O) groups is 1. The summed E-state index contributed by atoms with van der Waals surface area (Å²) in [4.78, 5) is 54.8. The number of aliphatic carboxylic acids is 1. The molecule has 0 aliphatic carbocycles. The van der Waals surface area contributed by atoms with Crippen molar-refractivity contribution >= 4 is 27.5 Å². The van der Waals surface area contributed by atoms with E-state index in [1.165, 1.54) is 0 Å². The van der Waals surface area contributed by atoms with E-state index < -0.39 is 28.5 Å². The van der Waals surface area contributed by atoms with E-state index in [2.05, 4.69) is 15.4 Å². The zero-order chi connectivity index (χ0) is 18.7. The van der Waals surface area contributed by atoms with Crippen LogP contribution in [0.5, 0.6) is 0 Å². The van der Waals surface area contributed by atoms with Gasteiger partial charge in [0.1, 0.15) is 0 Å². The third-order valence-corrected chi connectivity index (χ3v) is 3.35. The van der Waals surface area contributed by atoms with Crippen molar-refractivity contribution in [3.05, 3.63) is 66.0 Å². The van der Waals surface area contributed by atoms with Gasteiger partial charge in [-0.1, -0.05) is 6.58 Å². The van der Waals surface area contributed by atoms with Gasteiger partial charge in [0.15, 0.2) is 0 Å². The van der Waals surface area contributed by atoms with Crippen LogP contribution in [0.2, 0.25) is 0 Å². The topological polar surface area (TPSA) is 152 Å². The van der Waals surface area contributed by atoms with E-state index in [1.54, 1.807) is 0 Å². The van der Waals surface area contributed by atoms with Crippen molar-refractivity contribution in [3.63, 3.8) is 0 Å². The predicted molar refractivity (Wildman–Crippen MR) is 86.5 cm³/mol. The summed E-state index contributed by atoms with van der Waals surface area (Å²) in [7, 11) is 0. The summed E-state index contributed by atoms with van der Waals surface area (Å²) in [5.41, 5.74) is -3.14. The summed E-state index contributed by atoms with van der Waals surface area (Å²) >= 11 is 0. The lowest BCUT2D eigenvalue weighted by molar-refractivity contribution is -0.132. The largest absolute Gasteiger partial charge is 0.478 e. The number of aliphatic hydroxyl groups excluding tert-OH is 1. The number of carboxylic acid groups (broad SMARTS) is 1. The lowest BCUT2D eigenvalue weighted by atomic mass is 10.1. The molecule has 25 heavy (non-hydrogen) atoms. The van der Waals surface area contributed by atoms with Gasteiger partial charge in [0.2, 0.25) is 0 Å². The molecule has 0 spiro atoms. The van der Waals surface area contributed by atoms with Crippen molar-refractivity contribution in [1.82, 2.24) is 0 Å². The van der Waals surface area contributed by atoms with Gasteiger partial charge in [0, 0.05) is 12.2 Å². The highest BCUT2D eigenvalue weighted by molar-refractivity contribution is 5.96. The maximum Gasteiger partial charge on any atom is 0.346 e. The zero-order valence-corrected chi connectivity index (χ0v) is 12.7. The lowest BCUT2D eigenvalue weighted by Crippen LogP contribution is -1.99. The minimum absolute atomic E-state index is 0.0181. The smallest absolute Gasteiger partial charge is 0.346 e. The number of benzene rings is 1. The number of fused-ring (bicyclic) bond motifs is 2. The monoisotopic (exact) mass is 348 g/mol. The third-order valence-electron chi connectivity index (χ3n) is 3.35. The molecule has 0 aliphatic heterocycles. The first kappa shape index (κ1) is 18.0. The average Bonchev–Trinajstić information content (AvgIpc) is 3.01. The first-order valence-electron chi connectivity index (χ1n) is 6.99.